The third kappa shape index (κ3) is 3.63. The van der Waals surface area contributed by atoms with Crippen LogP contribution in [0.1, 0.15) is 31.9 Å². The lowest BCUT2D eigenvalue weighted by atomic mass is 10.0. The summed E-state index contributed by atoms with van der Waals surface area (Å²) in [5.41, 5.74) is 0.975. The molecule has 1 aromatic carbocycles. The fourth-order valence-electron chi connectivity index (χ4n) is 1.64. The Morgan fingerprint density at radius 3 is 2.65 bits per heavy atom. The first kappa shape index (κ1) is 13.8. The van der Waals surface area contributed by atoms with E-state index in [2.05, 4.69) is 5.32 Å². The molecule has 2 unspecified atom stereocenters. The second-order valence-electron chi connectivity index (χ2n) is 3.83. The zero-order valence-corrected chi connectivity index (χ0v) is 11.1. The van der Waals surface area contributed by atoms with Gasteiger partial charge < -0.3 is 10.1 Å². The summed E-state index contributed by atoms with van der Waals surface area (Å²) in [6.45, 7) is 3.67. The number of carbonyl (C=O) groups is 1. The predicted octanol–water partition coefficient (Wildman–Crippen LogP) is 2.89. The molecule has 0 aliphatic rings. The van der Waals surface area contributed by atoms with Crippen LogP contribution in [0.5, 0.6) is 5.75 Å². The van der Waals surface area contributed by atoms with E-state index in [0.717, 1.165) is 17.7 Å². The highest BCUT2D eigenvalue weighted by atomic mass is 35.5. The Labute approximate surface area is 107 Å². The first-order chi connectivity index (χ1) is 8.10. The van der Waals surface area contributed by atoms with Crippen molar-refractivity contribution >= 4 is 17.5 Å². The average Bonchev–Trinajstić information content (AvgIpc) is 2.35. The molecule has 2 atom stereocenters. The van der Waals surface area contributed by atoms with Gasteiger partial charge in [-0.25, -0.2) is 0 Å². The molecule has 0 bridgehead atoms. The number of alkyl halides is 1. The third-order valence-electron chi connectivity index (χ3n) is 2.60. The molecule has 1 rings (SSSR count). The molecule has 1 aromatic rings. The van der Waals surface area contributed by atoms with Gasteiger partial charge in [0.2, 0.25) is 5.91 Å². The SMILES string of the molecule is CCC(NC(=O)C(C)Cl)c1ccccc1OC. The monoisotopic (exact) mass is 255 g/mol. The molecule has 0 spiro atoms. The second kappa shape index (κ2) is 6.50. The van der Waals surface area contributed by atoms with Crippen molar-refractivity contribution in [1.29, 1.82) is 0 Å². The molecule has 4 heteroatoms. The maximum Gasteiger partial charge on any atom is 0.238 e. The molecule has 0 fully saturated rings. The topological polar surface area (TPSA) is 38.3 Å². The molecule has 0 aliphatic heterocycles. The largest absolute Gasteiger partial charge is 0.496 e. The van der Waals surface area contributed by atoms with E-state index < -0.39 is 5.38 Å². The Bertz CT molecular complexity index is 379. The number of ether oxygens (including phenoxy) is 1. The molecule has 1 amide bonds. The van der Waals surface area contributed by atoms with Crippen LogP contribution in [0, 0.1) is 0 Å². The van der Waals surface area contributed by atoms with Crippen LogP contribution in [-0.4, -0.2) is 18.4 Å². The zero-order chi connectivity index (χ0) is 12.8. The standard InChI is InChI=1S/C13H18ClNO2/c1-4-11(15-13(16)9(2)14)10-7-5-6-8-12(10)17-3/h5-9,11H,4H2,1-3H3,(H,15,16). The molecular weight excluding hydrogens is 238 g/mol. The van der Waals surface area contributed by atoms with Gasteiger partial charge in [-0.1, -0.05) is 25.1 Å². The highest BCUT2D eigenvalue weighted by Crippen LogP contribution is 2.26. The number of halogens is 1. The summed E-state index contributed by atoms with van der Waals surface area (Å²) in [5.74, 6) is 0.617. The molecule has 0 aromatic heterocycles. The summed E-state index contributed by atoms with van der Waals surface area (Å²) >= 11 is 5.75. The molecule has 0 aliphatic carbocycles. The number of para-hydroxylation sites is 1. The van der Waals surface area contributed by atoms with Gasteiger partial charge in [-0.15, -0.1) is 11.6 Å². The predicted molar refractivity (Wildman–Crippen MR) is 69.5 cm³/mol. The second-order valence-corrected chi connectivity index (χ2v) is 4.48. The lowest BCUT2D eigenvalue weighted by Crippen LogP contribution is -2.33. The molecule has 0 radical (unpaired) electrons. The smallest absolute Gasteiger partial charge is 0.238 e. The molecule has 3 nitrogen and oxygen atoms in total. The van der Waals surface area contributed by atoms with E-state index in [9.17, 15) is 4.79 Å². The summed E-state index contributed by atoms with van der Waals surface area (Å²) < 4.78 is 5.29. The van der Waals surface area contributed by atoms with E-state index in [1.807, 2.05) is 31.2 Å². The first-order valence-corrected chi connectivity index (χ1v) is 6.11. The minimum atomic E-state index is -0.529. The van der Waals surface area contributed by atoms with Crippen LogP contribution in [0.25, 0.3) is 0 Å². The minimum Gasteiger partial charge on any atom is -0.496 e. The third-order valence-corrected chi connectivity index (χ3v) is 2.80. The van der Waals surface area contributed by atoms with E-state index in [4.69, 9.17) is 16.3 Å². The van der Waals surface area contributed by atoms with Crippen molar-refractivity contribution < 1.29 is 9.53 Å². The van der Waals surface area contributed by atoms with Crippen molar-refractivity contribution in [3.63, 3.8) is 0 Å². The molecule has 0 saturated carbocycles. The molecule has 1 N–H and O–H groups in total. The average molecular weight is 256 g/mol. The normalized spacial score (nSPS) is 13.9. The minimum absolute atomic E-state index is 0.0696. The van der Waals surface area contributed by atoms with E-state index in [-0.39, 0.29) is 11.9 Å². The zero-order valence-electron chi connectivity index (χ0n) is 10.4. The number of hydrogen-bond acceptors (Lipinski definition) is 2. The Balaban J connectivity index is 2.89. The summed E-state index contributed by atoms with van der Waals surface area (Å²) in [5, 5.41) is 2.38. The maximum absolute atomic E-state index is 11.6. The highest BCUT2D eigenvalue weighted by Gasteiger charge is 2.18. The van der Waals surface area contributed by atoms with Gasteiger partial charge in [-0.3, -0.25) is 4.79 Å². The Morgan fingerprint density at radius 1 is 1.47 bits per heavy atom. The fraction of sp³-hybridized carbons (Fsp3) is 0.462. The number of carbonyl (C=O) groups excluding carboxylic acids is 1. The van der Waals surface area contributed by atoms with Crippen LogP contribution >= 0.6 is 11.6 Å². The van der Waals surface area contributed by atoms with Gasteiger partial charge in [0.15, 0.2) is 0 Å². The van der Waals surface area contributed by atoms with Gasteiger partial charge in [0, 0.05) is 5.56 Å². The number of hydrogen-bond donors (Lipinski definition) is 1. The maximum atomic E-state index is 11.6. The van der Waals surface area contributed by atoms with Crippen LogP contribution in [-0.2, 0) is 4.79 Å². The molecular formula is C13H18ClNO2. The molecule has 0 saturated heterocycles. The lowest BCUT2D eigenvalue weighted by Gasteiger charge is -2.20. The lowest BCUT2D eigenvalue weighted by molar-refractivity contribution is -0.121. The number of nitrogens with one attached hydrogen (secondary N) is 1. The summed E-state index contributed by atoms with van der Waals surface area (Å²) in [6, 6.07) is 7.60. The molecule has 94 valence electrons. The van der Waals surface area contributed by atoms with Crippen molar-refractivity contribution in [1.82, 2.24) is 5.32 Å². The Kier molecular flexibility index (Phi) is 5.29. The van der Waals surface area contributed by atoms with Crippen molar-refractivity contribution in [3.05, 3.63) is 29.8 Å². The first-order valence-electron chi connectivity index (χ1n) is 5.67. The number of rotatable bonds is 5. The van der Waals surface area contributed by atoms with Crippen molar-refractivity contribution in [2.75, 3.05) is 7.11 Å². The molecule has 17 heavy (non-hydrogen) atoms. The highest BCUT2D eigenvalue weighted by molar-refractivity contribution is 6.30. The van der Waals surface area contributed by atoms with Gasteiger partial charge in [0.1, 0.15) is 11.1 Å². The van der Waals surface area contributed by atoms with Gasteiger partial charge in [0.25, 0.3) is 0 Å². The van der Waals surface area contributed by atoms with Crippen LogP contribution in [0.4, 0.5) is 0 Å². The van der Waals surface area contributed by atoms with Gasteiger partial charge in [-0.05, 0) is 19.4 Å². The fourth-order valence-corrected chi connectivity index (χ4v) is 1.70. The van der Waals surface area contributed by atoms with Crippen LogP contribution in [0.15, 0.2) is 24.3 Å². The van der Waals surface area contributed by atoms with E-state index in [0.29, 0.717) is 0 Å². The quantitative estimate of drug-likeness (QED) is 0.822. The van der Waals surface area contributed by atoms with Crippen LogP contribution < -0.4 is 10.1 Å². The van der Waals surface area contributed by atoms with Gasteiger partial charge in [0.05, 0.1) is 13.2 Å². The van der Waals surface area contributed by atoms with E-state index in [1.165, 1.54) is 0 Å². The van der Waals surface area contributed by atoms with E-state index >= 15 is 0 Å². The summed E-state index contributed by atoms with van der Waals surface area (Å²) in [4.78, 5) is 11.6. The number of benzene rings is 1. The van der Waals surface area contributed by atoms with E-state index in [1.54, 1.807) is 14.0 Å². The molecule has 0 heterocycles. The number of methoxy groups -OCH3 is 1. The van der Waals surface area contributed by atoms with Crippen molar-refractivity contribution in [2.45, 2.75) is 31.7 Å². The Hall–Kier alpha value is -1.22. The summed E-state index contributed by atoms with van der Waals surface area (Å²) in [6.07, 6.45) is 0.787. The number of amides is 1. The summed E-state index contributed by atoms with van der Waals surface area (Å²) in [7, 11) is 1.62. The van der Waals surface area contributed by atoms with Crippen LogP contribution in [0.3, 0.4) is 0 Å². The van der Waals surface area contributed by atoms with Crippen molar-refractivity contribution in [2.24, 2.45) is 0 Å². The Morgan fingerprint density at radius 2 is 2.12 bits per heavy atom. The van der Waals surface area contributed by atoms with Crippen LogP contribution in [0.2, 0.25) is 0 Å². The van der Waals surface area contributed by atoms with Gasteiger partial charge >= 0.3 is 0 Å². The van der Waals surface area contributed by atoms with Crippen molar-refractivity contribution in [3.8, 4) is 5.75 Å². The van der Waals surface area contributed by atoms with Gasteiger partial charge in [-0.2, -0.15) is 0 Å².